The average molecular weight is 470 g/mol. The van der Waals surface area contributed by atoms with Crippen molar-refractivity contribution >= 4 is 11.8 Å². The summed E-state index contributed by atoms with van der Waals surface area (Å²) in [6, 6.07) is 15.9. The molecule has 0 bridgehead atoms. The van der Waals surface area contributed by atoms with E-state index in [0.717, 1.165) is 29.7 Å². The molecule has 7 nitrogen and oxygen atoms in total. The van der Waals surface area contributed by atoms with Gasteiger partial charge in [0, 0.05) is 13.2 Å². The second-order valence-electron chi connectivity index (χ2n) is 8.83. The molecule has 186 valence electrons. The molecule has 0 aromatic heterocycles. The van der Waals surface area contributed by atoms with Crippen LogP contribution in [0.25, 0.3) is 0 Å². The molecule has 2 aromatic rings. The smallest absolute Gasteiger partial charge is 0.237 e. The van der Waals surface area contributed by atoms with E-state index in [1.807, 2.05) is 61.5 Å². The number of rotatable bonds is 14. The molecule has 5 N–H and O–H groups in total. The summed E-state index contributed by atoms with van der Waals surface area (Å²) in [7, 11) is 0. The van der Waals surface area contributed by atoms with E-state index in [4.69, 9.17) is 15.6 Å². The number of nitrogens with two attached hydrogens (primary N) is 1. The summed E-state index contributed by atoms with van der Waals surface area (Å²) >= 11 is 0. The van der Waals surface area contributed by atoms with Gasteiger partial charge >= 0.3 is 0 Å². The van der Waals surface area contributed by atoms with Crippen LogP contribution in [-0.4, -0.2) is 42.7 Å². The molecule has 0 saturated heterocycles. The van der Waals surface area contributed by atoms with Crippen molar-refractivity contribution in [3.05, 3.63) is 65.7 Å². The van der Waals surface area contributed by atoms with Gasteiger partial charge in [-0.1, -0.05) is 62.7 Å². The number of carbonyl (C=O) groups excluding carboxylic acids is 2. The first-order valence-corrected chi connectivity index (χ1v) is 12.1. The topological polar surface area (TPSA) is 114 Å². The molecular weight excluding hydrogens is 430 g/mol. The number of carbonyl (C=O) groups is 2. The van der Waals surface area contributed by atoms with Crippen molar-refractivity contribution in [3.8, 4) is 5.75 Å². The van der Waals surface area contributed by atoms with E-state index < -0.39 is 12.1 Å². The fraction of sp³-hybridized carbons (Fsp3) is 0.481. The second kappa shape index (κ2) is 14.4. The van der Waals surface area contributed by atoms with Crippen LogP contribution in [0.1, 0.15) is 63.1 Å². The SMILES string of the molecule is CCCC(C)COc1ccc([C@H](CNC(=O)[C@H](N)CCO)NC(=O)[C@@H](C)c2ccccc2)cc1. The Morgan fingerprint density at radius 1 is 0.971 bits per heavy atom. The zero-order chi connectivity index (χ0) is 24.9. The molecule has 2 amide bonds. The van der Waals surface area contributed by atoms with Crippen molar-refractivity contribution < 1.29 is 19.4 Å². The molecule has 4 atom stereocenters. The van der Waals surface area contributed by atoms with E-state index in [0.29, 0.717) is 12.5 Å². The van der Waals surface area contributed by atoms with Gasteiger partial charge in [0.2, 0.25) is 11.8 Å². The maximum Gasteiger partial charge on any atom is 0.237 e. The van der Waals surface area contributed by atoms with Crippen molar-refractivity contribution in [3.63, 3.8) is 0 Å². The summed E-state index contributed by atoms with van der Waals surface area (Å²) in [5, 5.41) is 14.9. The monoisotopic (exact) mass is 469 g/mol. The average Bonchev–Trinajstić information content (AvgIpc) is 2.85. The Hall–Kier alpha value is -2.90. The number of hydrogen-bond acceptors (Lipinski definition) is 5. The Kier molecular flexibility index (Phi) is 11.6. The zero-order valence-corrected chi connectivity index (χ0v) is 20.5. The first kappa shape index (κ1) is 27.3. The number of aliphatic hydroxyl groups excluding tert-OH is 1. The lowest BCUT2D eigenvalue weighted by Crippen LogP contribution is -2.45. The van der Waals surface area contributed by atoms with E-state index in [9.17, 15) is 9.59 Å². The highest BCUT2D eigenvalue weighted by atomic mass is 16.5. The van der Waals surface area contributed by atoms with Gasteiger partial charge in [-0.2, -0.15) is 0 Å². The summed E-state index contributed by atoms with van der Waals surface area (Å²) in [5.74, 6) is 0.393. The van der Waals surface area contributed by atoms with Crippen molar-refractivity contribution in [1.82, 2.24) is 10.6 Å². The lowest BCUT2D eigenvalue weighted by atomic mass is 9.99. The summed E-state index contributed by atoms with van der Waals surface area (Å²) in [5.41, 5.74) is 7.56. The first-order chi connectivity index (χ1) is 16.3. The summed E-state index contributed by atoms with van der Waals surface area (Å²) in [6.45, 7) is 6.85. The Morgan fingerprint density at radius 2 is 1.65 bits per heavy atom. The number of benzene rings is 2. The molecule has 0 saturated carbocycles. The van der Waals surface area contributed by atoms with Crippen LogP contribution in [-0.2, 0) is 9.59 Å². The summed E-state index contributed by atoms with van der Waals surface area (Å²) in [4.78, 5) is 25.3. The third kappa shape index (κ3) is 8.80. The molecule has 2 rings (SSSR count). The van der Waals surface area contributed by atoms with E-state index >= 15 is 0 Å². The highest BCUT2D eigenvalue weighted by Gasteiger charge is 2.22. The van der Waals surface area contributed by atoms with Crippen LogP contribution in [0.2, 0.25) is 0 Å². The number of ether oxygens (including phenoxy) is 1. The molecule has 0 aliphatic carbocycles. The molecule has 0 aliphatic heterocycles. The molecule has 0 radical (unpaired) electrons. The minimum atomic E-state index is -0.800. The second-order valence-corrected chi connectivity index (χ2v) is 8.83. The Bertz CT molecular complexity index is 873. The quantitative estimate of drug-likeness (QED) is 0.339. The van der Waals surface area contributed by atoms with Gasteiger partial charge in [-0.3, -0.25) is 9.59 Å². The normalized spacial score (nSPS) is 14.5. The van der Waals surface area contributed by atoms with Crippen LogP contribution >= 0.6 is 0 Å². The Morgan fingerprint density at radius 3 is 2.26 bits per heavy atom. The largest absolute Gasteiger partial charge is 0.493 e. The van der Waals surface area contributed by atoms with Gasteiger partial charge in [0.05, 0.1) is 24.6 Å². The third-order valence-electron chi connectivity index (χ3n) is 5.87. The lowest BCUT2D eigenvalue weighted by Gasteiger charge is -2.23. The van der Waals surface area contributed by atoms with Crippen LogP contribution in [0.4, 0.5) is 0 Å². The van der Waals surface area contributed by atoms with Gasteiger partial charge in [0.1, 0.15) is 5.75 Å². The van der Waals surface area contributed by atoms with Crippen molar-refractivity contribution in [1.29, 1.82) is 0 Å². The van der Waals surface area contributed by atoms with E-state index in [1.54, 1.807) is 0 Å². The number of amides is 2. The fourth-order valence-corrected chi connectivity index (χ4v) is 3.66. The highest BCUT2D eigenvalue weighted by Crippen LogP contribution is 2.21. The number of nitrogens with one attached hydrogen (secondary N) is 2. The standard InChI is InChI=1S/C27H39N3O4/c1-4-8-19(2)18-34-23-13-11-22(12-14-23)25(17-29-27(33)24(28)15-16-31)30-26(32)20(3)21-9-6-5-7-10-21/h5-7,9-14,19-20,24-25,31H,4,8,15-18,28H2,1-3H3,(H,29,33)(H,30,32)/t19?,20-,24+,25-/m0/s1. The van der Waals surface area contributed by atoms with Crippen LogP contribution in [0, 0.1) is 5.92 Å². The lowest BCUT2D eigenvalue weighted by molar-refractivity contribution is -0.125. The molecule has 0 fully saturated rings. The molecule has 0 heterocycles. The molecule has 0 aliphatic rings. The predicted molar refractivity (Wildman–Crippen MR) is 134 cm³/mol. The Balaban J connectivity index is 2.11. The van der Waals surface area contributed by atoms with Crippen molar-refractivity contribution in [2.75, 3.05) is 19.8 Å². The molecule has 34 heavy (non-hydrogen) atoms. The van der Waals surface area contributed by atoms with Gasteiger partial charge in [0.15, 0.2) is 0 Å². The first-order valence-electron chi connectivity index (χ1n) is 12.1. The van der Waals surface area contributed by atoms with Crippen LogP contribution in [0.3, 0.4) is 0 Å². The number of hydrogen-bond donors (Lipinski definition) is 4. The Labute approximate surface area is 203 Å². The van der Waals surface area contributed by atoms with Crippen LogP contribution in [0.5, 0.6) is 5.75 Å². The maximum atomic E-state index is 13.0. The van der Waals surface area contributed by atoms with Gasteiger partial charge in [-0.25, -0.2) is 0 Å². The van der Waals surface area contributed by atoms with Gasteiger partial charge in [-0.05, 0) is 48.9 Å². The van der Waals surface area contributed by atoms with E-state index in [2.05, 4.69) is 24.5 Å². The van der Waals surface area contributed by atoms with Crippen molar-refractivity contribution in [2.24, 2.45) is 11.7 Å². The predicted octanol–water partition coefficient (Wildman–Crippen LogP) is 3.29. The minimum absolute atomic E-state index is 0.140. The number of aliphatic hydroxyl groups is 1. The van der Waals surface area contributed by atoms with Gasteiger partial charge < -0.3 is 26.2 Å². The van der Waals surface area contributed by atoms with Gasteiger partial charge in [0.25, 0.3) is 0 Å². The zero-order valence-electron chi connectivity index (χ0n) is 20.5. The van der Waals surface area contributed by atoms with E-state index in [-0.39, 0.29) is 37.3 Å². The fourth-order valence-electron chi connectivity index (χ4n) is 3.66. The van der Waals surface area contributed by atoms with E-state index in [1.165, 1.54) is 0 Å². The highest BCUT2D eigenvalue weighted by molar-refractivity contribution is 5.84. The minimum Gasteiger partial charge on any atom is -0.493 e. The maximum absolute atomic E-state index is 13.0. The molecule has 0 spiro atoms. The molecule has 7 heteroatoms. The molecule has 2 aromatic carbocycles. The van der Waals surface area contributed by atoms with Crippen LogP contribution < -0.4 is 21.1 Å². The van der Waals surface area contributed by atoms with Gasteiger partial charge in [-0.15, -0.1) is 0 Å². The third-order valence-corrected chi connectivity index (χ3v) is 5.87. The summed E-state index contributed by atoms with van der Waals surface area (Å²) in [6.07, 6.45) is 2.42. The van der Waals surface area contributed by atoms with Crippen LogP contribution in [0.15, 0.2) is 54.6 Å². The van der Waals surface area contributed by atoms with Crippen molar-refractivity contribution in [2.45, 2.75) is 58.0 Å². The molecular formula is C27H39N3O4. The molecule has 1 unspecified atom stereocenters. The summed E-state index contributed by atoms with van der Waals surface area (Å²) < 4.78 is 5.89.